The second-order valence-corrected chi connectivity index (χ2v) is 12.5. The Kier molecular flexibility index (Phi) is 12.1. The largest absolute Gasteiger partial charge is 0.494 e. The van der Waals surface area contributed by atoms with Crippen LogP contribution in [0.1, 0.15) is 46.1 Å². The summed E-state index contributed by atoms with van der Waals surface area (Å²) in [5.74, 6) is -0.279. The summed E-state index contributed by atoms with van der Waals surface area (Å²) < 4.78 is 34.5. The molecule has 0 saturated carbocycles. The molecule has 0 aromatic heterocycles. The predicted octanol–water partition coefficient (Wildman–Crippen LogP) is 6.31. The number of amides is 2. The minimum Gasteiger partial charge on any atom is -0.494 e. The SMILES string of the molecule is CCOc1ccc(N(CC(=O)N(Cc2ccc(Cl)cc2)[C@H](CC)C(=O)N[C@@H](C)CC)S(=O)(=O)c2ccc(Cl)cc2)cc1. The Labute approximate surface area is 258 Å². The number of halogens is 2. The highest BCUT2D eigenvalue weighted by Gasteiger charge is 2.34. The van der Waals surface area contributed by atoms with E-state index in [1.54, 1.807) is 48.5 Å². The molecule has 0 fully saturated rings. The fourth-order valence-electron chi connectivity index (χ4n) is 4.28. The Balaban J connectivity index is 2.05. The zero-order chi connectivity index (χ0) is 30.9. The second kappa shape index (κ2) is 15.3. The Hall–Kier alpha value is -3.27. The van der Waals surface area contributed by atoms with Crippen molar-refractivity contribution in [3.05, 3.63) is 88.4 Å². The number of carbonyl (C=O) groups is 2. The number of hydrogen-bond donors (Lipinski definition) is 1. The summed E-state index contributed by atoms with van der Waals surface area (Å²) in [6.07, 6.45) is 1.05. The van der Waals surface area contributed by atoms with Gasteiger partial charge in [0.1, 0.15) is 18.3 Å². The van der Waals surface area contributed by atoms with E-state index in [4.69, 9.17) is 27.9 Å². The average molecular weight is 635 g/mol. The van der Waals surface area contributed by atoms with Crippen molar-refractivity contribution >= 4 is 50.7 Å². The van der Waals surface area contributed by atoms with E-state index < -0.39 is 28.5 Å². The van der Waals surface area contributed by atoms with Gasteiger partial charge in [0.15, 0.2) is 0 Å². The molecular formula is C31H37Cl2N3O5S. The lowest BCUT2D eigenvalue weighted by Gasteiger charge is -2.33. The van der Waals surface area contributed by atoms with Gasteiger partial charge in [0.25, 0.3) is 10.0 Å². The first kappa shape index (κ1) is 33.2. The molecule has 2 atom stereocenters. The van der Waals surface area contributed by atoms with Crippen LogP contribution in [0.25, 0.3) is 0 Å². The van der Waals surface area contributed by atoms with E-state index in [1.165, 1.54) is 29.2 Å². The number of benzene rings is 3. The molecular weight excluding hydrogens is 597 g/mol. The van der Waals surface area contributed by atoms with Crippen LogP contribution in [0.2, 0.25) is 10.0 Å². The predicted molar refractivity (Wildman–Crippen MR) is 168 cm³/mol. The van der Waals surface area contributed by atoms with Crippen LogP contribution in [-0.2, 0) is 26.2 Å². The maximum absolute atomic E-state index is 14.1. The molecule has 0 aliphatic heterocycles. The van der Waals surface area contributed by atoms with E-state index in [9.17, 15) is 18.0 Å². The molecule has 226 valence electrons. The highest BCUT2D eigenvalue weighted by molar-refractivity contribution is 7.92. The molecule has 0 spiro atoms. The smallest absolute Gasteiger partial charge is 0.264 e. The zero-order valence-corrected chi connectivity index (χ0v) is 26.5. The lowest BCUT2D eigenvalue weighted by molar-refractivity contribution is -0.140. The summed E-state index contributed by atoms with van der Waals surface area (Å²) in [6.45, 7) is 7.50. The van der Waals surface area contributed by atoms with Gasteiger partial charge in [-0.3, -0.25) is 13.9 Å². The average Bonchev–Trinajstić information content (AvgIpc) is 2.97. The van der Waals surface area contributed by atoms with Crippen molar-refractivity contribution in [1.29, 1.82) is 0 Å². The highest BCUT2D eigenvalue weighted by atomic mass is 35.5. The maximum Gasteiger partial charge on any atom is 0.264 e. The van der Waals surface area contributed by atoms with Crippen molar-refractivity contribution in [2.75, 3.05) is 17.5 Å². The summed E-state index contributed by atoms with van der Waals surface area (Å²) >= 11 is 12.1. The van der Waals surface area contributed by atoms with E-state index in [-0.39, 0.29) is 29.1 Å². The van der Waals surface area contributed by atoms with Crippen LogP contribution in [0.5, 0.6) is 5.75 Å². The van der Waals surface area contributed by atoms with Gasteiger partial charge in [0.2, 0.25) is 11.8 Å². The Morgan fingerprint density at radius 3 is 1.95 bits per heavy atom. The van der Waals surface area contributed by atoms with E-state index in [0.29, 0.717) is 28.8 Å². The molecule has 3 rings (SSSR count). The Morgan fingerprint density at radius 1 is 0.857 bits per heavy atom. The molecule has 11 heteroatoms. The fourth-order valence-corrected chi connectivity index (χ4v) is 5.95. The summed E-state index contributed by atoms with van der Waals surface area (Å²) in [7, 11) is -4.21. The van der Waals surface area contributed by atoms with Crippen molar-refractivity contribution in [3.8, 4) is 5.75 Å². The highest BCUT2D eigenvalue weighted by Crippen LogP contribution is 2.27. The molecule has 0 heterocycles. The molecule has 1 N–H and O–H groups in total. The minimum atomic E-state index is -4.21. The standard InChI is InChI=1S/C31H37Cl2N3O5S/c1-5-22(4)34-31(38)29(6-2)35(20-23-8-10-24(32)11-9-23)30(37)21-36(26-14-16-27(17-15-26)41-7-3)42(39,40)28-18-12-25(33)13-19-28/h8-19,22,29H,5-7,20-21H2,1-4H3,(H,34,38)/t22-,29+/m0/s1. The molecule has 0 aliphatic rings. The van der Waals surface area contributed by atoms with Gasteiger partial charge in [-0.2, -0.15) is 0 Å². The number of hydrogen-bond acceptors (Lipinski definition) is 5. The number of anilines is 1. The van der Waals surface area contributed by atoms with Gasteiger partial charge in [-0.1, -0.05) is 49.2 Å². The normalized spacial score (nSPS) is 12.7. The van der Waals surface area contributed by atoms with Crippen molar-refractivity contribution in [2.24, 2.45) is 0 Å². The minimum absolute atomic E-state index is 0.0283. The van der Waals surface area contributed by atoms with Crippen LogP contribution < -0.4 is 14.4 Å². The molecule has 3 aromatic carbocycles. The number of carbonyl (C=O) groups excluding carboxylic acids is 2. The Bertz CT molecular complexity index is 1430. The van der Waals surface area contributed by atoms with Gasteiger partial charge >= 0.3 is 0 Å². The maximum atomic E-state index is 14.1. The molecule has 3 aromatic rings. The summed E-state index contributed by atoms with van der Waals surface area (Å²) in [4.78, 5) is 28.9. The number of nitrogens with zero attached hydrogens (tertiary/aromatic N) is 2. The van der Waals surface area contributed by atoms with Gasteiger partial charge in [-0.05, 0) is 92.9 Å². The molecule has 8 nitrogen and oxygen atoms in total. The number of nitrogens with one attached hydrogen (secondary N) is 1. The fraction of sp³-hybridized carbons (Fsp3) is 0.355. The van der Waals surface area contributed by atoms with Crippen molar-refractivity contribution < 1.29 is 22.7 Å². The second-order valence-electron chi connectivity index (χ2n) is 9.78. The van der Waals surface area contributed by atoms with Crippen LogP contribution in [0.15, 0.2) is 77.7 Å². The molecule has 42 heavy (non-hydrogen) atoms. The van der Waals surface area contributed by atoms with E-state index in [1.807, 2.05) is 27.7 Å². The van der Waals surface area contributed by atoms with Gasteiger partial charge in [-0.15, -0.1) is 0 Å². The first-order valence-electron chi connectivity index (χ1n) is 13.9. The topological polar surface area (TPSA) is 96.0 Å². The van der Waals surface area contributed by atoms with Gasteiger partial charge in [0, 0.05) is 22.6 Å². The number of ether oxygens (including phenoxy) is 1. The molecule has 0 radical (unpaired) electrons. The first-order valence-corrected chi connectivity index (χ1v) is 16.0. The van der Waals surface area contributed by atoms with Gasteiger partial charge < -0.3 is 15.0 Å². The quantitative estimate of drug-likeness (QED) is 0.224. The third kappa shape index (κ3) is 8.63. The van der Waals surface area contributed by atoms with E-state index in [2.05, 4.69) is 5.32 Å². The van der Waals surface area contributed by atoms with Gasteiger partial charge in [0.05, 0.1) is 17.2 Å². The molecule has 0 saturated heterocycles. The van der Waals surface area contributed by atoms with Crippen LogP contribution in [-0.4, -0.2) is 50.4 Å². The van der Waals surface area contributed by atoms with Crippen LogP contribution >= 0.6 is 23.2 Å². The number of sulfonamides is 1. The lowest BCUT2D eigenvalue weighted by Crippen LogP contribution is -2.53. The molecule has 2 amide bonds. The first-order chi connectivity index (χ1) is 20.0. The van der Waals surface area contributed by atoms with E-state index in [0.717, 1.165) is 16.3 Å². The molecule has 0 unspecified atom stereocenters. The summed E-state index contributed by atoms with van der Waals surface area (Å²) in [6, 6.07) is 18.2. The monoisotopic (exact) mass is 633 g/mol. The third-order valence-electron chi connectivity index (χ3n) is 6.77. The van der Waals surface area contributed by atoms with Crippen molar-refractivity contribution in [2.45, 2.75) is 64.1 Å². The lowest BCUT2D eigenvalue weighted by atomic mass is 10.1. The van der Waals surface area contributed by atoms with Crippen molar-refractivity contribution in [1.82, 2.24) is 10.2 Å². The van der Waals surface area contributed by atoms with E-state index >= 15 is 0 Å². The third-order valence-corrected chi connectivity index (χ3v) is 9.06. The van der Waals surface area contributed by atoms with Crippen LogP contribution in [0.3, 0.4) is 0 Å². The Morgan fingerprint density at radius 2 is 1.43 bits per heavy atom. The molecule has 0 aliphatic carbocycles. The van der Waals surface area contributed by atoms with Crippen LogP contribution in [0, 0.1) is 0 Å². The van der Waals surface area contributed by atoms with Crippen molar-refractivity contribution in [3.63, 3.8) is 0 Å². The number of rotatable bonds is 14. The molecule has 0 bridgehead atoms. The summed E-state index contributed by atoms with van der Waals surface area (Å²) in [5.41, 5.74) is 1.01. The summed E-state index contributed by atoms with van der Waals surface area (Å²) in [5, 5.41) is 3.88. The zero-order valence-electron chi connectivity index (χ0n) is 24.2. The van der Waals surface area contributed by atoms with Crippen LogP contribution in [0.4, 0.5) is 5.69 Å². The van der Waals surface area contributed by atoms with Gasteiger partial charge in [-0.25, -0.2) is 8.42 Å².